The van der Waals surface area contributed by atoms with E-state index >= 15 is 0 Å². The predicted molar refractivity (Wildman–Crippen MR) is 107 cm³/mol. The first kappa shape index (κ1) is 17.9. The highest BCUT2D eigenvalue weighted by molar-refractivity contribution is 7.89. The highest BCUT2D eigenvalue weighted by Crippen LogP contribution is 2.50. The SMILES string of the molecule is O=S(=O)(NCC1(c2c[nH]c3cc(F)ccc23)CC1)c1ccc2c(c1)CCCC2. The lowest BCUT2D eigenvalue weighted by atomic mass is 9.92. The Morgan fingerprint density at radius 3 is 2.61 bits per heavy atom. The van der Waals surface area contributed by atoms with Crippen LogP contribution in [0.1, 0.15) is 42.4 Å². The van der Waals surface area contributed by atoms with Crippen molar-refractivity contribution in [2.24, 2.45) is 0 Å². The summed E-state index contributed by atoms with van der Waals surface area (Å²) in [6.07, 6.45) is 8.02. The van der Waals surface area contributed by atoms with Crippen LogP contribution in [0.5, 0.6) is 0 Å². The minimum absolute atomic E-state index is 0.211. The van der Waals surface area contributed by atoms with Crippen molar-refractivity contribution in [3.8, 4) is 0 Å². The van der Waals surface area contributed by atoms with Gasteiger partial charge in [0.05, 0.1) is 4.90 Å². The Hall–Kier alpha value is -2.18. The van der Waals surface area contributed by atoms with Crippen LogP contribution < -0.4 is 4.72 Å². The molecule has 0 spiro atoms. The van der Waals surface area contributed by atoms with E-state index in [9.17, 15) is 12.8 Å². The molecule has 3 aromatic rings. The van der Waals surface area contributed by atoms with Crippen molar-refractivity contribution in [2.75, 3.05) is 6.54 Å². The van der Waals surface area contributed by atoms with Crippen molar-refractivity contribution in [1.29, 1.82) is 0 Å². The van der Waals surface area contributed by atoms with Gasteiger partial charge in [0.1, 0.15) is 5.82 Å². The van der Waals surface area contributed by atoms with Crippen molar-refractivity contribution < 1.29 is 12.8 Å². The fourth-order valence-corrected chi connectivity index (χ4v) is 5.60. The highest BCUT2D eigenvalue weighted by Gasteiger charge is 2.46. The van der Waals surface area contributed by atoms with Crippen LogP contribution in [-0.4, -0.2) is 19.9 Å². The number of halogens is 1. The maximum atomic E-state index is 13.5. The van der Waals surface area contributed by atoms with E-state index in [0.717, 1.165) is 54.1 Å². The van der Waals surface area contributed by atoms with Gasteiger partial charge in [-0.25, -0.2) is 17.5 Å². The van der Waals surface area contributed by atoms with E-state index in [1.165, 1.54) is 24.1 Å². The maximum Gasteiger partial charge on any atom is 0.240 e. The molecule has 2 aromatic carbocycles. The Morgan fingerprint density at radius 2 is 1.82 bits per heavy atom. The number of hydrogen-bond acceptors (Lipinski definition) is 2. The van der Waals surface area contributed by atoms with Crippen molar-refractivity contribution in [1.82, 2.24) is 9.71 Å². The van der Waals surface area contributed by atoms with Gasteiger partial charge in [-0.05, 0) is 85.5 Å². The smallest absolute Gasteiger partial charge is 0.240 e. The van der Waals surface area contributed by atoms with Gasteiger partial charge in [-0.2, -0.15) is 0 Å². The van der Waals surface area contributed by atoms with Gasteiger partial charge >= 0.3 is 0 Å². The lowest BCUT2D eigenvalue weighted by Gasteiger charge is -2.18. The normalized spacial score (nSPS) is 18.2. The van der Waals surface area contributed by atoms with Gasteiger partial charge in [0.15, 0.2) is 0 Å². The fraction of sp³-hybridized carbons (Fsp3) is 0.364. The van der Waals surface area contributed by atoms with Crippen LogP contribution in [0.3, 0.4) is 0 Å². The molecule has 6 heteroatoms. The molecule has 2 aliphatic carbocycles. The van der Waals surface area contributed by atoms with E-state index < -0.39 is 10.0 Å². The van der Waals surface area contributed by atoms with Crippen LogP contribution in [-0.2, 0) is 28.3 Å². The molecular formula is C22H23FN2O2S. The van der Waals surface area contributed by atoms with Gasteiger partial charge < -0.3 is 4.98 Å². The Balaban J connectivity index is 1.39. The number of aryl methyl sites for hydroxylation is 2. The molecule has 28 heavy (non-hydrogen) atoms. The van der Waals surface area contributed by atoms with Crippen molar-refractivity contribution in [2.45, 2.75) is 48.8 Å². The molecular weight excluding hydrogens is 375 g/mol. The van der Waals surface area contributed by atoms with Gasteiger partial charge in [-0.15, -0.1) is 0 Å². The molecule has 1 aromatic heterocycles. The summed E-state index contributed by atoms with van der Waals surface area (Å²) in [5.74, 6) is -0.279. The Kier molecular flexibility index (Phi) is 4.10. The van der Waals surface area contributed by atoms with E-state index in [1.54, 1.807) is 12.1 Å². The van der Waals surface area contributed by atoms with Crippen LogP contribution in [0.25, 0.3) is 10.9 Å². The summed E-state index contributed by atoms with van der Waals surface area (Å²) in [5, 5.41) is 0.965. The summed E-state index contributed by atoms with van der Waals surface area (Å²) >= 11 is 0. The minimum atomic E-state index is -3.56. The number of fused-ring (bicyclic) bond motifs is 2. The topological polar surface area (TPSA) is 62.0 Å². The molecule has 0 amide bonds. The molecule has 0 atom stereocenters. The first-order valence-electron chi connectivity index (χ1n) is 9.86. The quantitative estimate of drug-likeness (QED) is 0.677. The average Bonchev–Trinajstić information content (AvgIpc) is 3.37. The van der Waals surface area contributed by atoms with Crippen molar-refractivity contribution >= 4 is 20.9 Å². The summed E-state index contributed by atoms with van der Waals surface area (Å²) in [6.45, 7) is 0.358. The molecule has 2 aliphatic rings. The molecule has 2 N–H and O–H groups in total. The number of benzene rings is 2. The molecule has 1 fully saturated rings. The Morgan fingerprint density at radius 1 is 1.04 bits per heavy atom. The number of aromatic nitrogens is 1. The largest absolute Gasteiger partial charge is 0.361 e. The monoisotopic (exact) mass is 398 g/mol. The number of sulfonamides is 1. The zero-order valence-electron chi connectivity index (χ0n) is 15.6. The third-order valence-electron chi connectivity index (χ3n) is 6.30. The van der Waals surface area contributed by atoms with E-state index in [1.807, 2.05) is 18.3 Å². The summed E-state index contributed by atoms with van der Waals surface area (Å²) in [6, 6.07) is 10.2. The lowest BCUT2D eigenvalue weighted by Crippen LogP contribution is -2.32. The molecule has 146 valence electrons. The Labute approximate surface area is 164 Å². The number of nitrogens with one attached hydrogen (secondary N) is 2. The highest BCUT2D eigenvalue weighted by atomic mass is 32.2. The number of rotatable bonds is 5. The first-order chi connectivity index (χ1) is 13.5. The van der Waals surface area contributed by atoms with Crippen molar-refractivity contribution in [3.05, 3.63) is 65.1 Å². The molecule has 0 saturated heterocycles. The summed E-state index contributed by atoms with van der Waals surface area (Å²) < 4.78 is 42.1. The van der Waals surface area contributed by atoms with Crippen LogP contribution >= 0.6 is 0 Å². The maximum absolute atomic E-state index is 13.5. The molecule has 5 rings (SSSR count). The summed E-state index contributed by atoms with van der Waals surface area (Å²) in [7, 11) is -3.56. The van der Waals surface area contributed by atoms with Gasteiger partial charge in [0, 0.05) is 29.1 Å². The van der Waals surface area contributed by atoms with Crippen LogP contribution in [0, 0.1) is 5.82 Å². The Bertz CT molecular complexity index is 1160. The summed E-state index contributed by atoms with van der Waals surface area (Å²) in [4.78, 5) is 3.47. The van der Waals surface area contributed by atoms with Gasteiger partial charge in [0.25, 0.3) is 0 Å². The second-order valence-corrected chi connectivity index (χ2v) is 9.90. The zero-order valence-corrected chi connectivity index (χ0v) is 16.4. The van der Waals surface area contributed by atoms with E-state index in [4.69, 9.17) is 0 Å². The fourth-order valence-electron chi connectivity index (χ4n) is 4.42. The van der Waals surface area contributed by atoms with Crippen molar-refractivity contribution in [3.63, 3.8) is 0 Å². The van der Waals surface area contributed by atoms with Crippen LogP contribution in [0.15, 0.2) is 47.5 Å². The second kappa shape index (κ2) is 6.42. The number of H-pyrrole nitrogens is 1. The second-order valence-electron chi connectivity index (χ2n) is 8.13. The number of hydrogen-bond donors (Lipinski definition) is 2. The predicted octanol–water partition coefficient (Wildman–Crippen LogP) is 4.20. The third kappa shape index (κ3) is 3.05. The number of aromatic amines is 1. The minimum Gasteiger partial charge on any atom is -0.361 e. The van der Waals surface area contributed by atoms with E-state index in [-0.39, 0.29) is 11.2 Å². The van der Waals surface area contributed by atoms with E-state index in [2.05, 4.69) is 9.71 Å². The summed E-state index contributed by atoms with van der Waals surface area (Å²) in [5.41, 5.74) is 4.04. The van der Waals surface area contributed by atoms with Gasteiger partial charge in [-0.1, -0.05) is 6.07 Å². The molecule has 1 saturated carbocycles. The molecule has 0 aliphatic heterocycles. The third-order valence-corrected chi connectivity index (χ3v) is 7.70. The first-order valence-corrected chi connectivity index (χ1v) is 11.3. The van der Waals surface area contributed by atoms with Gasteiger partial charge in [0.2, 0.25) is 10.0 Å². The molecule has 0 radical (unpaired) electrons. The molecule has 1 heterocycles. The zero-order chi connectivity index (χ0) is 19.4. The molecule has 4 nitrogen and oxygen atoms in total. The van der Waals surface area contributed by atoms with Gasteiger partial charge in [-0.3, -0.25) is 0 Å². The average molecular weight is 399 g/mol. The van der Waals surface area contributed by atoms with Crippen LogP contribution in [0.2, 0.25) is 0 Å². The lowest BCUT2D eigenvalue weighted by molar-refractivity contribution is 0.567. The standard InChI is InChI=1S/C22H23FN2O2S/c23-17-6-8-19-20(13-24-21(19)12-17)22(9-10-22)14-25-28(26,27)18-7-5-15-3-1-2-4-16(15)11-18/h5-8,11-13,24-25H,1-4,9-10,14H2. The van der Waals surface area contributed by atoms with Crippen LogP contribution in [0.4, 0.5) is 4.39 Å². The van der Waals surface area contributed by atoms with E-state index in [0.29, 0.717) is 11.4 Å². The molecule has 0 bridgehead atoms. The molecule has 0 unspecified atom stereocenters.